The summed E-state index contributed by atoms with van der Waals surface area (Å²) >= 11 is 0. The molecule has 0 spiro atoms. The van der Waals surface area contributed by atoms with Crippen LogP contribution in [0.1, 0.15) is 24.4 Å². The molecule has 0 N–H and O–H groups in total. The van der Waals surface area contributed by atoms with E-state index in [1.807, 2.05) is 55.5 Å². The van der Waals surface area contributed by atoms with Crippen LogP contribution in [0, 0.1) is 0 Å². The molecule has 0 aliphatic carbocycles. The highest BCUT2D eigenvalue weighted by molar-refractivity contribution is 7.88. The number of aromatic nitrogens is 2. The largest absolute Gasteiger partial charge is 0.298 e. The van der Waals surface area contributed by atoms with Gasteiger partial charge in [0.05, 0.1) is 22.7 Å². The molecule has 1 saturated heterocycles. The lowest BCUT2D eigenvalue weighted by Crippen LogP contribution is -2.50. The normalized spacial score (nSPS) is 17.3. The Bertz CT molecular complexity index is 1200. The molecule has 158 valence electrons. The van der Waals surface area contributed by atoms with Crippen LogP contribution in [0.25, 0.3) is 10.9 Å². The first-order valence-electron chi connectivity index (χ1n) is 10.1. The number of hydrogen-bond acceptors (Lipinski definition) is 5. The number of rotatable bonds is 5. The number of fused-ring (bicyclic) bond motifs is 1. The topological polar surface area (TPSA) is 75.5 Å². The summed E-state index contributed by atoms with van der Waals surface area (Å²) in [7, 11) is -1.61. The Labute approximate surface area is 176 Å². The molecule has 2 heterocycles. The van der Waals surface area contributed by atoms with Crippen molar-refractivity contribution in [2.24, 2.45) is 7.05 Å². The van der Waals surface area contributed by atoms with Crippen molar-refractivity contribution in [3.05, 3.63) is 76.3 Å². The van der Waals surface area contributed by atoms with E-state index >= 15 is 0 Å². The predicted octanol–water partition coefficient (Wildman–Crippen LogP) is 2.14. The van der Waals surface area contributed by atoms with E-state index in [4.69, 9.17) is 4.98 Å². The Hall–Kier alpha value is -2.55. The Morgan fingerprint density at radius 1 is 0.967 bits per heavy atom. The second-order valence-corrected chi connectivity index (χ2v) is 9.67. The number of nitrogens with zero attached hydrogens (tertiary/aromatic N) is 4. The molecule has 1 fully saturated rings. The van der Waals surface area contributed by atoms with Gasteiger partial charge in [0, 0.05) is 33.2 Å². The lowest BCUT2D eigenvalue weighted by Gasteiger charge is -2.37. The third-order valence-electron chi connectivity index (χ3n) is 5.80. The maximum atomic E-state index is 12.8. The molecular weight excluding hydrogens is 400 g/mol. The summed E-state index contributed by atoms with van der Waals surface area (Å²) in [5, 5.41) is 0.604. The van der Waals surface area contributed by atoms with Gasteiger partial charge in [0.25, 0.3) is 5.56 Å². The first kappa shape index (κ1) is 20.7. The first-order chi connectivity index (χ1) is 14.4. The van der Waals surface area contributed by atoms with Crippen LogP contribution in [-0.2, 0) is 22.8 Å². The van der Waals surface area contributed by atoms with Crippen LogP contribution in [0.3, 0.4) is 0 Å². The zero-order valence-corrected chi connectivity index (χ0v) is 18.0. The van der Waals surface area contributed by atoms with Crippen LogP contribution in [0.5, 0.6) is 0 Å². The van der Waals surface area contributed by atoms with Crippen LogP contribution >= 0.6 is 0 Å². The summed E-state index contributed by atoms with van der Waals surface area (Å²) in [4.78, 5) is 19.6. The van der Waals surface area contributed by atoms with Crippen LogP contribution in [0.4, 0.5) is 0 Å². The molecule has 3 aromatic rings. The fourth-order valence-electron chi connectivity index (χ4n) is 4.02. The highest BCUT2D eigenvalue weighted by Crippen LogP contribution is 2.22. The van der Waals surface area contributed by atoms with Gasteiger partial charge < -0.3 is 0 Å². The fourth-order valence-corrected chi connectivity index (χ4v) is 5.53. The average molecular weight is 427 g/mol. The Morgan fingerprint density at radius 2 is 1.60 bits per heavy atom. The van der Waals surface area contributed by atoms with Crippen molar-refractivity contribution in [1.29, 1.82) is 0 Å². The van der Waals surface area contributed by atoms with E-state index in [-0.39, 0.29) is 17.4 Å². The van der Waals surface area contributed by atoms with E-state index in [1.54, 1.807) is 22.0 Å². The van der Waals surface area contributed by atoms with Crippen molar-refractivity contribution in [2.75, 3.05) is 26.2 Å². The monoisotopic (exact) mass is 426 g/mol. The molecule has 30 heavy (non-hydrogen) atoms. The summed E-state index contributed by atoms with van der Waals surface area (Å²) in [5.41, 5.74) is 1.42. The third kappa shape index (κ3) is 4.03. The number of benzene rings is 2. The highest BCUT2D eigenvalue weighted by Gasteiger charge is 2.30. The van der Waals surface area contributed by atoms with Gasteiger partial charge in [-0.15, -0.1) is 0 Å². The van der Waals surface area contributed by atoms with E-state index in [1.165, 1.54) is 0 Å². The quantitative estimate of drug-likeness (QED) is 0.625. The van der Waals surface area contributed by atoms with E-state index in [2.05, 4.69) is 4.90 Å². The van der Waals surface area contributed by atoms with E-state index < -0.39 is 10.0 Å². The van der Waals surface area contributed by atoms with Gasteiger partial charge in [-0.3, -0.25) is 14.3 Å². The SMILES string of the molecule is CC(c1nc2ccccc2c(=O)n1C)N1CCN(S(=O)(=O)Cc2ccccc2)CC1. The molecule has 1 aliphatic rings. The lowest BCUT2D eigenvalue weighted by molar-refractivity contribution is 0.139. The molecule has 0 radical (unpaired) electrons. The van der Waals surface area contributed by atoms with Crippen LogP contribution in [0.2, 0.25) is 0 Å². The molecule has 1 aromatic heterocycles. The number of hydrogen-bond donors (Lipinski definition) is 0. The van der Waals surface area contributed by atoms with Gasteiger partial charge in [-0.05, 0) is 24.6 Å². The minimum absolute atomic E-state index is 0.0180. The van der Waals surface area contributed by atoms with Crippen molar-refractivity contribution < 1.29 is 8.42 Å². The minimum Gasteiger partial charge on any atom is -0.298 e. The maximum Gasteiger partial charge on any atom is 0.261 e. The molecule has 2 aromatic carbocycles. The van der Waals surface area contributed by atoms with Gasteiger partial charge in [0.2, 0.25) is 10.0 Å². The van der Waals surface area contributed by atoms with Crippen LogP contribution in [0.15, 0.2) is 59.4 Å². The third-order valence-corrected chi connectivity index (χ3v) is 7.65. The second kappa shape index (κ2) is 8.29. The molecule has 0 bridgehead atoms. The number of piperazine rings is 1. The number of sulfonamides is 1. The summed E-state index contributed by atoms with van der Waals surface area (Å²) < 4.78 is 28.8. The molecule has 0 saturated carbocycles. The number of para-hydroxylation sites is 1. The van der Waals surface area contributed by atoms with Crippen LogP contribution in [-0.4, -0.2) is 53.4 Å². The Balaban J connectivity index is 1.48. The van der Waals surface area contributed by atoms with Crippen molar-refractivity contribution in [3.8, 4) is 0 Å². The summed E-state index contributed by atoms with van der Waals surface area (Å²) in [6.45, 7) is 4.07. The van der Waals surface area contributed by atoms with Crippen molar-refractivity contribution in [3.63, 3.8) is 0 Å². The maximum absolute atomic E-state index is 12.8. The van der Waals surface area contributed by atoms with E-state index in [0.717, 1.165) is 5.56 Å². The molecule has 1 aliphatic heterocycles. The molecule has 4 rings (SSSR count). The minimum atomic E-state index is -3.36. The van der Waals surface area contributed by atoms with Crippen molar-refractivity contribution >= 4 is 20.9 Å². The highest BCUT2D eigenvalue weighted by atomic mass is 32.2. The van der Waals surface area contributed by atoms with Gasteiger partial charge in [-0.25, -0.2) is 13.4 Å². The molecule has 8 heteroatoms. The Kier molecular flexibility index (Phi) is 5.73. The average Bonchev–Trinajstić information content (AvgIpc) is 2.76. The molecule has 1 atom stereocenters. The lowest BCUT2D eigenvalue weighted by atomic mass is 10.2. The van der Waals surface area contributed by atoms with E-state index in [9.17, 15) is 13.2 Å². The van der Waals surface area contributed by atoms with Gasteiger partial charge in [0.15, 0.2) is 0 Å². The van der Waals surface area contributed by atoms with Gasteiger partial charge in [-0.1, -0.05) is 42.5 Å². The summed E-state index contributed by atoms with van der Waals surface area (Å²) in [6.07, 6.45) is 0. The summed E-state index contributed by atoms with van der Waals surface area (Å²) in [6, 6.07) is 16.5. The van der Waals surface area contributed by atoms with Crippen molar-refractivity contribution in [1.82, 2.24) is 18.8 Å². The molecule has 0 amide bonds. The van der Waals surface area contributed by atoms with Gasteiger partial charge in [-0.2, -0.15) is 4.31 Å². The first-order valence-corrected chi connectivity index (χ1v) is 11.7. The van der Waals surface area contributed by atoms with Crippen LogP contribution < -0.4 is 5.56 Å². The van der Waals surface area contributed by atoms with Gasteiger partial charge in [0.1, 0.15) is 5.82 Å². The molecule has 7 nitrogen and oxygen atoms in total. The molecular formula is C22H26N4O3S. The van der Waals surface area contributed by atoms with E-state index in [0.29, 0.717) is 42.9 Å². The smallest absolute Gasteiger partial charge is 0.261 e. The summed E-state index contributed by atoms with van der Waals surface area (Å²) in [5.74, 6) is 0.712. The van der Waals surface area contributed by atoms with Gasteiger partial charge >= 0.3 is 0 Å². The fraction of sp³-hybridized carbons (Fsp3) is 0.364. The predicted molar refractivity (Wildman–Crippen MR) is 118 cm³/mol. The van der Waals surface area contributed by atoms with Crippen molar-refractivity contribution in [2.45, 2.75) is 18.7 Å². The zero-order valence-electron chi connectivity index (χ0n) is 17.2. The standard InChI is InChI=1S/C22H26N4O3S/c1-17(21-23-20-11-7-6-10-19(20)22(27)24(21)2)25-12-14-26(15-13-25)30(28,29)16-18-8-4-3-5-9-18/h3-11,17H,12-16H2,1-2H3. The zero-order chi connectivity index (χ0) is 21.3. The second-order valence-electron chi connectivity index (χ2n) is 7.70. The molecule has 1 unspecified atom stereocenters. The Morgan fingerprint density at radius 3 is 2.30 bits per heavy atom.